The first-order valence-corrected chi connectivity index (χ1v) is 11.4. The van der Waals surface area contributed by atoms with Crippen molar-refractivity contribution >= 4 is 33.4 Å². The minimum atomic E-state index is -3.43. The van der Waals surface area contributed by atoms with Crippen LogP contribution >= 0.6 is 0 Å². The number of nitrogens with one attached hydrogen (secondary N) is 1. The third-order valence-electron chi connectivity index (χ3n) is 5.24. The van der Waals surface area contributed by atoms with Gasteiger partial charge in [0.1, 0.15) is 5.84 Å². The molecule has 0 radical (unpaired) electrons. The van der Waals surface area contributed by atoms with Gasteiger partial charge in [0.25, 0.3) is 15.9 Å². The molecule has 30 heavy (non-hydrogen) atoms. The molecular formula is C20H23N5O4S. The summed E-state index contributed by atoms with van der Waals surface area (Å²) in [6.45, 7) is 2.87. The maximum atomic E-state index is 12.5. The van der Waals surface area contributed by atoms with Gasteiger partial charge in [-0.25, -0.2) is 8.42 Å². The molecule has 9 nitrogen and oxygen atoms in total. The van der Waals surface area contributed by atoms with Crippen LogP contribution in [0.25, 0.3) is 0 Å². The summed E-state index contributed by atoms with van der Waals surface area (Å²) in [4.78, 5) is 30.5. The van der Waals surface area contributed by atoms with Crippen molar-refractivity contribution in [2.75, 3.05) is 49.9 Å². The zero-order valence-electron chi connectivity index (χ0n) is 16.4. The summed E-state index contributed by atoms with van der Waals surface area (Å²) >= 11 is 0. The average Bonchev–Trinajstić information content (AvgIpc) is 2.77. The van der Waals surface area contributed by atoms with Gasteiger partial charge < -0.3 is 20.0 Å². The number of piperazine rings is 1. The highest BCUT2D eigenvalue weighted by Gasteiger charge is 2.26. The number of anilines is 1. The van der Waals surface area contributed by atoms with E-state index in [1.54, 1.807) is 16.0 Å². The van der Waals surface area contributed by atoms with Crippen molar-refractivity contribution in [3.8, 4) is 0 Å². The van der Waals surface area contributed by atoms with Gasteiger partial charge in [-0.15, -0.1) is 4.40 Å². The predicted octanol–water partition coefficient (Wildman–Crippen LogP) is -0.0510. The smallest absolute Gasteiger partial charge is 0.256 e. The zero-order valence-corrected chi connectivity index (χ0v) is 17.2. The van der Waals surface area contributed by atoms with Crippen LogP contribution in [0, 0.1) is 0 Å². The highest BCUT2D eigenvalue weighted by atomic mass is 32.2. The number of fused-ring (bicyclic) bond motifs is 1. The monoisotopic (exact) mass is 429 g/mol. The van der Waals surface area contributed by atoms with Gasteiger partial charge >= 0.3 is 0 Å². The number of carbonyl (C=O) groups is 2. The fourth-order valence-electron chi connectivity index (χ4n) is 3.56. The lowest BCUT2D eigenvalue weighted by Crippen LogP contribution is -2.51. The molecule has 1 N–H and O–H groups in total. The van der Waals surface area contributed by atoms with E-state index in [2.05, 4.69) is 26.7 Å². The Balaban J connectivity index is 1.27. The Morgan fingerprint density at radius 2 is 1.73 bits per heavy atom. The number of hydrogen-bond donors (Lipinski definition) is 1. The van der Waals surface area contributed by atoms with Gasteiger partial charge in [0.2, 0.25) is 5.91 Å². The Kier molecular flexibility index (Phi) is 5.58. The van der Waals surface area contributed by atoms with Crippen molar-refractivity contribution in [3.05, 3.63) is 54.3 Å². The molecule has 0 aromatic heterocycles. The molecule has 4 rings (SSSR count). The quantitative estimate of drug-likeness (QED) is 0.720. The molecule has 0 bridgehead atoms. The van der Waals surface area contributed by atoms with Crippen LogP contribution in [0.5, 0.6) is 0 Å². The second-order valence-corrected chi connectivity index (χ2v) is 8.99. The molecule has 2 amide bonds. The first-order valence-electron chi connectivity index (χ1n) is 9.76. The lowest BCUT2D eigenvalue weighted by Gasteiger charge is -2.36. The number of rotatable bonds is 4. The van der Waals surface area contributed by atoms with E-state index in [4.69, 9.17) is 0 Å². The average molecular weight is 430 g/mol. The van der Waals surface area contributed by atoms with Crippen LogP contribution in [-0.2, 0) is 19.6 Å². The van der Waals surface area contributed by atoms with E-state index < -0.39 is 10.0 Å². The van der Waals surface area contributed by atoms with Gasteiger partial charge in [0, 0.05) is 44.6 Å². The number of nitrogens with zero attached hydrogens (tertiary/aromatic N) is 4. The van der Waals surface area contributed by atoms with Crippen LogP contribution in [-0.4, -0.2) is 80.9 Å². The van der Waals surface area contributed by atoms with E-state index in [9.17, 15) is 18.0 Å². The van der Waals surface area contributed by atoms with Gasteiger partial charge in [-0.1, -0.05) is 18.2 Å². The second-order valence-electron chi connectivity index (χ2n) is 7.23. The molecule has 1 aromatic carbocycles. The standard InChI is InChI=1S/C20H23N5O4S/c26-19(24-10-8-23(9-11-24)17-4-2-1-3-5-17)14-21-20(27)16-6-7-18-22-30(28,29)13-12-25(18)15-16/h1-7,15H,8-14H2,(H,21,27). The van der Waals surface area contributed by atoms with Crippen molar-refractivity contribution in [1.29, 1.82) is 0 Å². The van der Waals surface area contributed by atoms with Crippen molar-refractivity contribution in [2.24, 2.45) is 4.40 Å². The zero-order chi connectivity index (χ0) is 21.1. The Morgan fingerprint density at radius 1 is 1.00 bits per heavy atom. The van der Waals surface area contributed by atoms with E-state index >= 15 is 0 Å². The fourth-order valence-corrected chi connectivity index (χ4v) is 4.53. The third-order valence-corrected chi connectivity index (χ3v) is 6.40. The number of benzene rings is 1. The predicted molar refractivity (Wildman–Crippen MR) is 113 cm³/mol. The molecule has 10 heteroatoms. The Hall–Kier alpha value is -3.14. The van der Waals surface area contributed by atoms with Gasteiger partial charge in [-0.05, 0) is 24.3 Å². The molecule has 3 heterocycles. The van der Waals surface area contributed by atoms with E-state index in [1.165, 1.54) is 12.2 Å². The molecule has 0 saturated carbocycles. The van der Waals surface area contributed by atoms with E-state index in [0.29, 0.717) is 24.5 Å². The summed E-state index contributed by atoms with van der Waals surface area (Å²) in [6, 6.07) is 10.1. The van der Waals surface area contributed by atoms with Crippen molar-refractivity contribution < 1.29 is 18.0 Å². The Morgan fingerprint density at radius 3 is 2.47 bits per heavy atom. The molecule has 3 aliphatic heterocycles. The largest absolute Gasteiger partial charge is 0.368 e. The van der Waals surface area contributed by atoms with Gasteiger partial charge in [0.05, 0.1) is 17.9 Å². The molecule has 1 saturated heterocycles. The minimum Gasteiger partial charge on any atom is -0.368 e. The van der Waals surface area contributed by atoms with E-state index in [-0.39, 0.29) is 30.7 Å². The topological polar surface area (TPSA) is 102 Å². The molecule has 0 aliphatic carbocycles. The third kappa shape index (κ3) is 4.54. The molecule has 1 fully saturated rings. The van der Waals surface area contributed by atoms with Gasteiger partial charge in [0.15, 0.2) is 0 Å². The first kappa shape index (κ1) is 20.1. The fraction of sp³-hybridized carbons (Fsp3) is 0.350. The molecule has 0 unspecified atom stereocenters. The van der Waals surface area contributed by atoms with Crippen molar-refractivity contribution in [2.45, 2.75) is 0 Å². The molecule has 0 spiro atoms. The highest BCUT2D eigenvalue weighted by molar-refractivity contribution is 7.90. The SMILES string of the molecule is O=C(NCC(=O)N1CCN(c2ccccc2)CC1)C1=CN2CCS(=O)(=O)N=C2C=C1. The Bertz CT molecular complexity index is 1020. The Labute approximate surface area is 175 Å². The summed E-state index contributed by atoms with van der Waals surface area (Å²) < 4.78 is 26.8. The first-order chi connectivity index (χ1) is 14.4. The van der Waals surface area contributed by atoms with Crippen molar-refractivity contribution in [3.63, 3.8) is 0 Å². The van der Waals surface area contributed by atoms with Gasteiger partial charge in [-0.3, -0.25) is 9.59 Å². The summed E-state index contributed by atoms with van der Waals surface area (Å²) in [5.74, 6) is -0.300. The van der Waals surface area contributed by atoms with Crippen LogP contribution in [0.15, 0.2) is 58.7 Å². The maximum absolute atomic E-state index is 12.5. The normalized spacial score (nSPS) is 20.2. The molecule has 1 aromatic rings. The minimum absolute atomic E-state index is 0.0787. The lowest BCUT2D eigenvalue weighted by molar-refractivity contribution is -0.132. The molecule has 158 valence electrons. The highest BCUT2D eigenvalue weighted by Crippen LogP contribution is 2.17. The summed E-state index contributed by atoms with van der Waals surface area (Å²) in [5.41, 5.74) is 1.50. The number of carbonyl (C=O) groups excluding carboxylic acids is 2. The molecular weight excluding hydrogens is 406 g/mol. The van der Waals surface area contributed by atoms with Crippen LogP contribution in [0.2, 0.25) is 0 Å². The molecule has 0 atom stereocenters. The van der Waals surface area contributed by atoms with Gasteiger partial charge in [-0.2, -0.15) is 0 Å². The van der Waals surface area contributed by atoms with Crippen molar-refractivity contribution in [1.82, 2.24) is 15.1 Å². The number of hydrogen-bond acceptors (Lipinski definition) is 6. The van der Waals surface area contributed by atoms with Crippen LogP contribution < -0.4 is 10.2 Å². The molecule has 3 aliphatic rings. The number of amides is 2. The van der Waals surface area contributed by atoms with Crippen LogP contribution in [0.1, 0.15) is 0 Å². The lowest BCUT2D eigenvalue weighted by atomic mass is 10.2. The van der Waals surface area contributed by atoms with E-state index in [0.717, 1.165) is 18.8 Å². The number of sulfonamides is 1. The van der Waals surface area contributed by atoms with Crippen LogP contribution in [0.4, 0.5) is 5.69 Å². The van der Waals surface area contributed by atoms with Crippen LogP contribution in [0.3, 0.4) is 0 Å². The summed E-state index contributed by atoms with van der Waals surface area (Å²) in [5, 5.41) is 2.66. The summed E-state index contributed by atoms with van der Waals surface area (Å²) in [6.07, 6.45) is 4.57. The second kappa shape index (κ2) is 8.31. The number of para-hydroxylation sites is 1. The summed E-state index contributed by atoms with van der Waals surface area (Å²) in [7, 11) is -3.43. The number of amidine groups is 1. The van der Waals surface area contributed by atoms with E-state index in [1.807, 2.05) is 18.2 Å². The maximum Gasteiger partial charge on any atom is 0.256 e.